The van der Waals surface area contributed by atoms with Crippen molar-refractivity contribution in [3.05, 3.63) is 70.5 Å². The second kappa shape index (κ2) is 9.49. The molecule has 2 heterocycles. The second-order valence-electron chi connectivity index (χ2n) is 6.78. The van der Waals surface area contributed by atoms with Gasteiger partial charge in [0.2, 0.25) is 0 Å². The van der Waals surface area contributed by atoms with Crippen molar-refractivity contribution < 1.29 is 4.74 Å². The molecule has 0 saturated carbocycles. The number of thioether (sulfide) groups is 1. The molecule has 2 aromatic heterocycles. The number of rotatable bonds is 8. The van der Waals surface area contributed by atoms with Gasteiger partial charge in [0, 0.05) is 12.3 Å². The first-order chi connectivity index (χ1) is 14.6. The Morgan fingerprint density at radius 1 is 0.967 bits per heavy atom. The molecule has 30 heavy (non-hydrogen) atoms. The van der Waals surface area contributed by atoms with Crippen molar-refractivity contribution in [2.45, 2.75) is 24.5 Å². The van der Waals surface area contributed by atoms with Crippen LogP contribution >= 0.6 is 27.7 Å². The third-order valence-electron chi connectivity index (χ3n) is 4.80. The number of halogens is 1. The van der Waals surface area contributed by atoms with Gasteiger partial charge in [-0.05, 0) is 52.0 Å². The van der Waals surface area contributed by atoms with Crippen molar-refractivity contribution in [1.29, 1.82) is 0 Å². The van der Waals surface area contributed by atoms with Crippen LogP contribution < -0.4 is 10.5 Å². The average Bonchev–Trinajstić information content (AvgIpc) is 3.09. The quantitative estimate of drug-likeness (QED) is 0.221. The highest BCUT2D eigenvalue weighted by molar-refractivity contribution is 9.10. The van der Waals surface area contributed by atoms with Gasteiger partial charge in [-0.25, -0.2) is 15.0 Å². The minimum atomic E-state index is 0.408. The number of hydrogen-bond acceptors (Lipinski definition) is 6. The average molecular weight is 484 g/mol. The van der Waals surface area contributed by atoms with E-state index in [0.29, 0.717) is 21.2 Å². The zero-order valence-corrected chi connectivity index (χ0v) is 19.0. The first-order valence-corrected chi connectivity index (χ1v) is 11.4. The maximum absolute atomic E-state index is 6.19. The van der Waals surface area contributed by atoms with Crippen molar-refractivity contribution in [1.82, 2.24) is 19.5 Å². The van der Waals surface area contributed by atoms with Crippen LogP contribution in [0.3, 0.4) is 0 Å². The zero-order valence-electron chi connectivity index (χ0n) is 16.6. The Hall–Kier alpha value is -2.58. The Kier molecular flexibility index (Phi) is 6.54. The lowest BCUT2D eigenvalue weighted by molar-refractivity contribution is 0.414. The molecule has 154 valence electrons. The molecule has 6 nitrogen and oxygen atoms in total. The highest BCUT2D eigenvalue weighted by Gasteiger charge is 2.15. The first kappa shape index (κ1) is 20.7. The van der Waals surface area contributed by atoms with E-state index in [2.05, 4.69) is 62.3 Å². The Labute approximate surface area is 188 Å². The van der Waals surface area contributed by atoms with Gasteiger partial charge in [0.15, 0.2) is 26.9 Å². The monoisotopic (exact) mass is 483 g/mol. The third-order valence-corrected chi connectivity index (χ3v) is 6.26. The second-order valence-corrected chi connectivity index (χ2v) is 8.55. The Morgan fingerprint density at radius 3 is 2.43 bits per heavy atom. The summed E-state index contributed by atoms with van der Waals surface area (Å²) in [5.74, 6) is 2.15. The normalized spacial score (nSPS) is 11.1. The number of methoxy groups -OCH3 is 1. The summed E-state index contributed by atoms with van der Waals surface area (Å²) in [5.41, 5.74) is 10.1. The first-order valence-electron chi connectivity index (χ1n) is 9.63. The van der Waals surface area contributed by atoms with Crippen LogP contribution in [0.5, 0.6) is 5.75 Å². The number of hydrogen-bond donors (Lipinski definition) is 1. The summed E-state index contributed by atoms with van der Waals surface area (Å²) in [5, 5.41) is 0.675. The van der Waals surface area contributed by atoms with E-state index in [1.807, 2.05) is 22.8 Å². The van der Waals surface area contributed by atoms with E-state index in [1.54, 1.807) is 18.9 Å². The molecular formula is C22H22BrN5OS. The fourth-order valence-corrected chi connectivity index (χ4v) is 4.53. The summed E-state index contributed by atoms with van der Waals surface area (Å²) < 4.78 is 7.97. The van der Waals surface area contributed by atoms with Gasteiger partial charge in [-0.2, -0.15) is 0 Å². The highest BCUT2D eigenvalue weighted by atomic mass is 79.9. The van der Waals surface area contributed by atoms with Crippen molar-refractivity contribution >= 4 is 44.7 Å². The van der Waals surface area contributed by atoms with Crippen LogP contribution in [-0.2, 0) is 19.4 Å². The molecule has 4 aromatic rings. The fraction of sp³-hybridized carbons (Fsp3) is 0.227. The number of benzene rings is 2. The number of anilines is 1. The van der Waals surface area contributed by atoms with Crippen LogP contribution in [0.1, 0.15) is 11.1 Å². The molecule has 0 atom stereocenters. The number of ether oxygens (including phenoxy) is 1. The summed E-state index contributed by atoms with van der Waals surface area (Å²) in [6, 6.07) is 18.5. The molecule has 8 heteroatoms. The predicted molar refractivity (Wildman–Crippen MR) is 125 cm³/mol. The topological polar surface area (TPSA) is 78.9 Å². The van der Waals surface area contributed by atoms with E-state index < -0.39 is 0 Å². The molecule has 0 aliphatic rings. The molecule has 0 saturated heterocycles. The minimum absolute atomic E-state index is 0.408. The molecule has 0 aliphatic heterocycles. The van der Waals surface area contributed by atoms with Crippen molar-refractivity contribution in [3.8, 4) is 5.75 Å². The van der Waals surface area contributed by atoms with Crippen molar-refractivity contribution in [2.75, 3.05) is 18.6 Å². The van der Waals surface area contributed by atoms with Crippen LogP contribution in [0.15, 0.2) is 64.5 Å². The van der Waals surface area contributed by atoms with E-state index in [9.17, 15) is 0 Å². The van der Waals surface area contributed by atoms with Crippen LogP contribution in [0.4, 0.5) is 5.82 Å². The molecule has 2 aromatic carbocycles. The molecule has 0 unspecified atom stereocenters. The van der Waals surface area contributed by atoms with E-state index in [4.69, 9.17) is 15.5 Å². The number of aromatic nitrogens is 4. The van der Waals surface area contributed by atoms with Gasteiger partial charge in [0.05, 0.1) is 7.11 Å². The Bertz CT molecular complexity index is 1130. The third kappa shape index (κ3) is 4.76. The molecule has 0 fully saturated rings. The van der Waals surface area contributed by atoms with Gasteiger partial charge in [-0.3, -0.25) is 0 Å². The SMILES string of the molecule is COc1ccc(CCn2c(Br)nc3c(N)nc(SCCc4ccccc4)nc32)cc1. The van der Waals surface area contributed by atoms with Gasteiger partial charge in [-0.1, -0.05) is 54.2 Å². The molecule has 0 bridgehead atoms. The van der Waals surface area contributed by atoms with Crippen LogP contribution in [-0.4, -0.2) is 32.4 Å². The lowest BCUT2D eigenvalue weighted by Gasteiger charge is -2.08. The van der Waals surface area contributed by atoms with Crippen LogP contribution in [0.2, 0.25) is 0 Å². The largest absolute Gasteiger partial charge is 0.497 e. The smallest absolute Gasteiger partial charge is 0.191 e. The van der Waals surface area contributed by atoms with E-state index in [-0.39, 0.29) is 0 Å². The summed E-state index contributed by atoms with van der Waals surface area (Å²) in [6.45, 7) is 0.730. The standard InChI is InChI=1S/C22H22BrN5OS/c1-29-17-9-7-16(8-10-17)11-13-28-20-18(25-21(28)23)19(24)26-22(27-20)30-14-12-15-5-3-2-4-6-15/h2-10H,11-14H2,1H3,(H2,24,26,27). The molecular weight excluding hydrogens is 462 g/mol. The van der Waals surface area contributed by atoms with Gasteiger partial charge in [-0.15, -0.1) is 0 Å². The van der Waals surface area contributed by atoms with Gasteiger partial charge in [0.1, 0.15) is 5.75 Å². The summed E-state index contributed by atoms with van der Waals surface area (Å²) in [6.07, 6.45) is 1.79. The molecule has 0 aliphatic carbocycles. The number of nitrogens with two attached hydrogens (primary N) is 1. The fourth-order valence-electron chi connectivity index (χ4n) is 3.18. The molecule has 0 amide bonds. The van der Waals surface area contributed by atoms with Crippen LogP contribution in [0.25, 0.3) is 11.2 Å². The summed E-state index contributed by atoms with van der Waals surface area (Å²) in [4.78, 5) is 13.7. The van der Waals surface area contributed by atoms with Crippen molar-refractivity contribution in [2.24, 2.45) is 0 Å². The lowest BCUT2D eigenvalue weighted by Crippen LogP contribution is -2.05. The molecule has 2 N–H and O–H groups in total. The summed E-state index contributed by atoms with van der Waals surface area (Å²) in [7, 11) is 1.67. The number of fused-ring (bicyclic) bond motifs is 1. The maximum atomic E-state index is 6.19. The van der Waals surface area contributed by atoms with E-state index in [1.165, 1.54) is 11.1 Å². The Balaban J connectivity index is 1.50. The molecule has 4 rings (SSSR count). The van der Waals surface area contributed by atoms with Gasteiger partial charge in [0.25, 0.3) is 0 Å². The minimum Gasteiger partial charge on any atom is -0.497 e. The molecule has 0 radical (unpaired) electrons. The highest BCUT2D eigenvalue weighted by Crippen LogP contribution is 2.26. The predicted octanol–water partition coefficient (Wildman–Crippen LogP) is 4.76. The number of imidazole rings is 1. The lowest BCUT2D eigenvalue weighted by atomic mass is 10.1. The Morgan fingerprint density at radius 2 is 1.70 bits per heavy atom. The number of nitrogens with zero attached hydrogens (tertiary/aromatic N) is 4. The van der Waals surface area contributed by atoms with Gasteiger partial charge < -0.3 is 15.0 Å². The molecule has 0 spiro atoms. The zero-order chi connectivity index (χ0) is 20.9. The van der Waals surface area contributed by atoms with Crippen LogP contribution in [0, 0.1) is 0 Å². The number of aryl methyl sites for hydroxylation is 3. The maximum Gasteiger partial charge on any atom is 0.191 e. The van der Waals surface area contributed by atoms with E-state index >= 15 is 0 Å². The summed E-state index contributed by atoms with van der Waals surface area (Å²) >= 11 is 5.16. The van der Waals surface area contributed by atoms with E-state index in [0.717, 1.165) is 36.5 Å². The van der Waals surface area contributed by atoms with Gasteiger partial charge >= 0.3 is 0 Å². The number of nitrogen functional groups attached to an aromatic ring is 1. The van der Waals surface area contributed by atoms with Crippen molar-refractivity contribution in [3.63, 3.8) is 0 Å².